The highest BCUT2D eigenvalue weighted by Crippen LogP contribution is 2.34. The van der Waals surface area contributed by atoms with Crippen LogP contribution in [0.15, 0.2) is 12.1 Å². The van der Waals surface area contributed by atoms with Crippen molar-refractivity contribution in [2.24, 2.45) is 5.73 Å². The van der Waals surface area contributed by atoms with E-state index in [2.05, 4.69) is 0 Å². The third kappa shape index (κ3) is 1.97. The number of hydrogen-bond acceptors (Lipinski definition) is 4. The van der Waals surface area contributed by atoms with E-state index in [1.807, 2.05) is 0 Å². The van der Waals surface area contributed by atoms with Crippen LogP contribution in [0, 0.1) is 0 Å². The lowest BCUT2D eigenvalue weighted by atomic mass is 10.0. The van der Waals surface area contributed by atoms with Crippen LogP contribution in [0.1, 0.15) is 24.1 Å². The van der Waals surface area contributed by atoms with Crippen molar-refractivity contribution in [1.82, 2.24) is 0 Å². The van der Waals surface area contributed by atoms with Crippen LogP contribution in [0.4, 0.5) is 0 Å². The van der Waals surface area contributed by atoms with Crippen LogP contribution < -0.4 is 10.5 Å². The first-order valence-electron chi connectivity index (χ1n) is 4.36. The van der Waals surface area contributed by atoms with Gasteiger partial charge < -0.3 is 20.7 Å². The minimum absolute atomic E-state index is 0.0414. The van der Waals surface area contributed by atoms with Crippen LogP contribution in [0.2, 0.25) is 0 Å². The van der Waals surface area contributed by atoms with E-state index in [1.165, 1.54) is 7.11 Å². The zero-order chi connectivity index (χ0) is 10.7. The van der Waals surface area contributed by atoms with Crippen LogP contribution in [-0.2, 0) is 6.61 Å². The molecule has 14 heavy (non-hydrogen) atoms. The minimum Gasteiger partial charge on any atom is -0.504 e. The molecule has 0 aliphatic heterocycles. The molecule has 1 aromatic rings. The summed E-state index contributed by atoms with van der Waals surface area (Å²) in [6.07, 6.45) is 0. The maximum Gasteiger partial charge on any atom is 0.162 e. The predicted octanol–water partition coefficient (Wildman–Crippen LogP) is 0.913. The molecule has 0 radical (unpaired) electrons. The van der Waals surface area contributed by atoms with Crippen molar-refractivity contribution in [3.63, 3.8) is 0 Å². The van der Waals surface area contributed by atoms with Crippen LogP contribution in [0.25, 0.3) is 0 Å². The second-order valence-corrected chi connectivity index (χ2v) is 3.18. The Morgan fingerprint density at radius 1 is 1.50 bits per heavy atom. The van der Waals surface area contributed by atoms with Gasteiger partial charge in [0, 0.05) is 11.6 Å². The molecular weight excluding hydrogens is 182 g/mol. The second kappa shape index (κ2) is 4.30. The van der Waals surface area contributed by atoms with Gasteiger partial charge >= 0.3 is 0 Å². The Morgan fingerprint density at radius 3 is 2.57 bits per heavy atom. The van der Waals surface area contributed by atoms with E-state index in [9.17, 15) is 5.11 Å². The summed E-state index contributed by atoms with van der Waals surface area (Å²) in [4.78, 5) is 0. The van der Waals surface area contributed by atoms with Crippen molar-refractivity contribution in [2.75, 3.05) is 7.11 Å². The molecule has 0 aliphatic carbocycles. The number of phenolic OH excluding ortho intramolecular Hbond substituents is 1. The number of aliphatic hydroxyl groups excluding tert-OH is 1. The van der Waals surface area contributed by atoms with Crippen LogP contribution in [-0.4, -0.2) is 17.3 Å². The maximum absolute atomic E-state index is 9.69. The summed E-state index contributed by atoms with van der Waals surface area (Å²) in [6.45, 7) is 1.66. The van der Waals surface area contributed by atoms with Gasteiger partial charge in [-0.3, -0.25) is 0 Å². The molecule has 0 fully saturated rings. The Balaban J connectivity index is 3.27. The summed E-state index contributed by atoms with van der Waals surface area (Å²) in [5.41, 5.74) is 6.91. The molecule has 0 bridgehead atoms. The van der Waals surface area contributed by atoms with Gasteiger partial charge in [-0.05, 0) is 24.6 Å². The average Bonchev–Trinajstić information content (AvgIpc) is 2.17. The lowest BCUT2D eigenvalue weighted by molar-refractivity contribution is 0.280. The number of aromatic hydroxyl groups is 1. The SMILES string of the molecule is COc1cc(CO)cc([C@@H](C)N)c1O. The fourth-order valence-electron chi connectivity index (χ4n) is 1.28. The second-order valence-electron chi connectivity index (χ2n) is 3.18. The van der Waals surface area contributed by atoms with E-state index in [1.54, 1.807) is 19.1 Å². The monoisotopic (exact) mass is 197 g/mol. The number of methoxy groups -OCH3 is 1. The number of nitrogens with two attached hydrogens (primary N) is 1. The fraction of sp³-hybridized carbons (Fsp3) is 0.400. The maximum atomic E-state index is 9.69. The number of hydrogen-bond donors (Lipinski definition) is 3. The molecule has 0 spiro atoms. The van der Waals surface area contributed by atoms with E-state index < -0.39 is 0 Å². The van der Waals surface area contributed by atoms with Gasteiger partial charge in [0.15, 0.2) is 11.5 Å². The quantitative estimate of drug-likeness (QED) is 0.673. The van der Waals surface area contributed by atoms with Crippen molar-refractivity contribution in [2.45, 2.75) is 19.6 Å². The van der Waals surface area contributed by atoms with Gasteiger partial charge in [-0.25, -0.2) is 0 Å². The third-order valence-electron chi connectivity index (χ3n) is 2.06. The predicted molar refractivity (Wildman–Crippen MR) is 53.2 cm³/mol. The van der Waals surface area contributed by atoms with Gasteiger partial charge in [-0.1, -0.05) is 0 Å². The minimum atomic E-state index is -0.296. The zero-order valence-corrected chi connectivity index (χ0v) is 8.32. The van der Waals surface area contributed by atoms with Crippen molar-refractivity contribution in [1.29, 1.82) is 0 Å². The topological polar surface area (TPSA) is 75.7 Å². The Morgan fingerprint density at radius 2 is 2.14 bits per heavy atom. The molecular formula is C10H15NO3. The molecule has 4 heteroatoms. The van der Waals surface area contributed by atoms with E-state index in [0.717, 1.165) is 0 Å². The molecule has 0 amide bonds. The van der Waals surface area contributed by atoms with Crippen molar-refractivity contribution >= 4 is 0 Å². The first kappa shape index (κ1) is 10.8. The summed E-state index contributed by atoms with van der Waals surface area (Å²) in [6, 6.07) is 2.96. The summed E-state index contributed by atoms with van der Waals surface area (Å²) in [5, 5.41) is 18.7. The highest BCUT2D eigenvalue weighted by Gasteiger charge is 2.12. The molecule has 0 saturated carbocycles. The van der Waals surface area contributed by atoms with E-state index in [0.29, 0.717) is 16.9 Å². The Kier molecular flexibility index (Phi) is 3.33. The highest BCUT2D eigenvalue weighted by molar-refractivity contribution is 5.49. The van der Waals surface area contributed by atoms with E-state index in [4.69, 9.17) is 15.6 Å². The van der Waals surface area contributed by atoms with Crippen molar-refractivity contribution in [3.05, 3.63) is 23.3 Å². The van der Waals surface area contributed by atoms with Crippen LogP contribution in [0.3, 0.4) is 0 Å². The van der Waals surface area contributed by atoms with Gasteiger partial charge in [-0.15, -0.1) is 0 Å². The van der Waals surface area contributed by atoms with Crippen molar-refractivity contribution in [3.8, 4) is 11.5 Å². The molecule has 4 N–H and O–H groups in total. The molecule has 78 valence electrons. The fourth-order valence-corrected chi connectivity index (χ4v) is 1.28. The molecule has 1 aromatic carbocycles. The Hall–Kier alpha value is -1.26. The summed E-state index contributed by atoms with van der Waals surface area (Å²) >= 11 is 0. The summed E-state index contributed by atoms with van der Waals surface area (Å²) < 4.78 is 4.96. The molecule has 1 rings (SSSR count). The normalized spacial score (nSPS) is 12.6. The average molecular weight is 197 g/mol. The van der Waals surface area contributed by atoms with Gasteiger partial charge in [0.2, 0.25) is 0 Å². The molecule has 0 aliphatic rings. The molecule has 4 nitrogen and oxygen atoms in total. The van der Waals surface area contributed by atoms with E-state index in [-0.39, 0.29) is 18.4 Å². The highest BCUT2D eigenvalue weighted by atomic mass is 16.5. The first-order chi connectivity index (χ1) is 6.60. The number of phenols is 1. The van der Waals surface area contributed by atoms with E-state index >= 15 is 0 Å². The van der Waals surface area contributed by atoms with Crippen molar-refractivity contribution < 1.29 is 14.9 Å². The van der Waals surface area contributed by atoms with Crippen LogP contribution >= 0.6 is 0 Å². The largest absolute Gasteiger partial charge is 0.504 e. The number of rotatable bonds is 3. The molecule has 0 saturated heterocycles. The van der Waals surface area contributed by atoms with Gasteiger partial charge in [-0.2, -0.15) is 0 Å². The van der Waals surface area contributed by atoms with Gasteiger partial charge in [0.25, 0.3) is 0 Å². The summed E-state index contributed by atoms with van der Waals surface area (Å²) in [5.74, 6) is 0.378. The Labute approximate surface area is 82.9 Å². The number of aliphatic hydroxyl groups is 1. The zero-order valence-electron chi connectivity index (χ0n) is 8.32. The molecule has 1 atom stereocenters. The van der Waals surface area contributed by atoms with Crippen LogP contribution in [0.5, 0.6) is 11.5 Å². The first-order valence-corrected chi connectivity index (χ1v) is 4.36. The van der Waals surface area contributed by atoms with Gasteiger partial charge in [0.05, 0.1) is 13.7 Å². The third-order valence-corrected chi connectivity index (χ3v) is 2.06. The number of benzene rings is 1. The smallest absolute Gasteiger partial charge is 0.162 e. The molecule has 0 aromatic heterocycles. The lowest BCUT2D eigenvalue weighted by Crippen LogP contribution is -2.06. The lowest BCUT2D eigenvalue weighted by Gasteiger charge is -2.13. The molecule has 0 heterocycles. The Bertz CT molecular complexity index is 323. The summed E-state index contributed by atoms with van der Waals surface area (Å²) in [7, 11) is 1.46. The number of ether oxygens (including phenoxy) is 1. The van der Waals surface area contributed by atoms with Gasteiger partial charge in [0.1, 0.15) is 0 Å². The molecule has 0 unspecified atom stereocenters. The standard InChI is InChI=1S/C10H15NO3/c1-6(11)8-3-7(5-12)4-9(14-2)10(8)13/h3-4,6,12-13H,5,11H2,1-2H3/t6-/m1/s1.